The highest BCUT2D eigenvalue weighted by Crippen LogP contribution is 2.32. The predicted molar refractivity (Wildman–Crippen MR) is 124 cm³/mol. The molecule has 7 heteroatoms. The zero-order chi connectivity index (χ0) is 21.9. The molecular weight excluding hydrogens is 402 g/mol. The second kappa shape index (κ2) is 9.02. The van der Waals surface area contributed by atoms with Crippen LogP contribution in [0.3, 0.4) is 0 Å². The molecule has 1 saturated carbocycles. The van der Waals surface area contributed by atoms with Crippen LogP contribution in [0, 0.1) is 5.92 Å². The van der Waals surface area contributed by atoms with Crippen LogP contribution in [-0.2, 0) is 13.1 Å². The fourth-order valence-corrected chi connectivity index (χ4v) is 4.25. The Morgan fingerprint density at radius 1 is 1.12 bits per heavy atom. The van der Waals surface area contributed by atoms with Gasteiger partial charge in [0.1, 0.15) is 11.4 Å². The second-order valence-corrected chi connectivity index (χ2v) is 8.67. The van der Waals surface area contributed by atoms with E-state index >= 15 is 0 Å². The molecule has 0 spiro atoms. The zero-order valence-electron chi connectivity index (χ0n) is 18.5. The molecule has 0 unspecified atom stereocenters. The molecule has 2 fully saturated rings. The van der Waals surface area contributed by atoms with E-state index in [2.05, 4.69) is 30.9 Å². The van der Waals surface area contributed by atoms with Crippen LogP contribution in [0.2, 0.25) is 0 Å². The predicted octanol–water partition coefficient (Wildman–Crippen LogP) is 3.89. The minimum atomic E-state index is -0.0857. The first-order valence-corrected chi connectivity index (χ1v) is 11.4. The average Bonchev–Trinajstić information content (AvgIpc) is 3.30. The van der Waals surface area contributed by atoms with Crippen LogP contribution < -0.4 is 15.0 Å². The summed E-state index contributed by atoms with van der Waals surface area (Å²) in [6.07, 6.45) is 10.6. The van der Waals surface area contributed by atoms with Gasteiger partial charge in [0, 0.05) is 61.5 Å². The molecule has 1 aliphatic heterocycles. The number of nitrogens with zero attached hydrogens (tertiary/aromatic N) is 4. The molecule has 7 nitrogen and oxygen atoms in total. The number of carbonyl (C=O) groups excluding carboxylic acids is 1. The van der Waals surface area contributed by atoms with Crippen LogP contribution in [0.15, 0.2) is 48.9 Å². The third kappa shape index (κ3) is 4.47. The maximum atomic E-state index is 13.1. The van der Waals surface area contributed by atoms with Crippen LogP contribution in [0.1, 0.15) is 41.7 Å². The minimum Gasteiger partial charge on any atom is -0.496 e. The topological polar surface area (TPSA) is 72.3 Å². The number of para-hydroxylation sites is 1. The van der Waals surface area contributed by atoms with Gasteiger partial charge in [-0.05, 0) is 43.7 Å². The number of hydrogen-bond donors (Lipinski definition) is 1. The van der Waals surface area contributed by atoms with Crippen molar-refractivity contribution >= 4 is 11.9 Å². The van der Waals surface area contributed by atoms with Crippen LogP contribution in [0.4, 0.5) is 5.95 Å². The fourth-order valence-electron chi connectivity index (χ4n) is 4.25. The van der Waals surface area contributed by atoms with Gasteiger partial charge in [0.2, 0.25) is 5.95 Å². The maximum absolute atomic E-state index is 13.1. The molecule has 2 aromatic heterocycles. The highest BCUT2D eigenvalue weighted by atomic mass is 16.5. The highest BCUT2D eigenvalue weighted by molar-refractivity contribution is 5.94. The minimum absolute atomic E-state index is 0.0857. The van der Waals surface area contributed by atoms with E-state index < -0.39 is 0 Å². The van der Waals surface area contributed by atoms with E-state index in [1.807, 2.05) is 42.7 Å². The van der Waals surface area contributed by atoms with Crippen molar-refractivity contribution in [2.45, 2.75) is 38.8 Å². The lowest BCUT2D eigenvalue weighted by atomic mass is 10.2. The molecule has 0 atom stereocenters. The van der Waals surface area contributed by atoms with Crippen LogP contribution in [0.25, 0.3) is 11.1 Å². The van der Waals surface area contributed by atoms with Crippen molar-refractivity contribution in [3.05, 3.63) is 60.2 Å². The standard InChI is InChI=1S/C25H29N5O2/c1-32-23-7-3-2-6-19(23)13-26-24(31)22-12-20(17-30(22)16-18-8-9-18)21-14-27-25(28-15-21)29-10-4-5-11-29/h2-3,6-7,12,14-15,17-18H,4-5,8-11,13,16H2,1H3,(H,26,31). The summed E-state index contributed by atoms with van der Waals surface area (Å²) in [6, 6.07) is 9.69. The molecule has 0 bridgehead atoms. The van der Waals surface area contributed by atoms with E-state index in [4.69, 9.17) is 4.74 Å². The number of benzene rings is 1. The van der Waals surface area contributed by atoms with Crippen molar-refractivity contribution < 1.29 is 9.53 Å². The first kappa shape index (κ1) is 20.5. The SMILES string of the molecule is COc1ccccc1CNC(=O)c1cc(-c2cnc(N3CCCC3)nc2)cn1CC1CC1. The molecule has 166 valence electrons. The van der Waals surface area contributed by atoms with Gasteiger partial charge in [-0.15, -0.1) is 0 Å². The lowest BCUT2D eigenvalue weighted by Crippen LogP contribution is -2.25. The summed E-state index contributed by atoms with van der Waals surface area (Å²) in [5.41, 5.74) is 3.53. The van der Waals surface area contributed by atoms with Gasteiger partial charge in [0.15, 0.2) is 0 Å². The zero-order valence-corrected chi connectivity index (χ0v) is 18.5. The molecule has 3 heterocycles. The molecule has 3 aromatic rings. The van der Waals surface area contributed by atoms with Crippen LogP contribution >= 0.6 is 0 Å². The Morgan fingerprint density at radius 3 is 2.59 bits per heavy atom. The Balaban J connectivity index is 1.35. The van der Waals surface area contributed by atoms with Gasteiger partial charge in [-0.3, -0.25) is 4.79 Å². The van der Waals surface area contributed by atoms with E-state index in [9.17, 15) is 4.79 Å². The van der Waals surface area contributed by atoms with E-state index in [-0.39, 0.29) is 5.91 Å². The van der Waals surface area contributed by atoms with Crippen molar-refractivity contribution in [1.82, 2.24) is 19.9 Å². The molecular formula is C25H29N5O2. The molecule has 32 heavy (non-hydrogen) atoms. The first-order chi connectivity index (χ1) is 15.7. The van der Waals surface area contributed by atoms with Crippen molar-refractivity contribution in [3.8, 4) is 16.9 Å². The number of anilines is 1. The summed E-state index contributed by atoms with van der Waals surface area (Å²) in [5, 5.41) is 3.06. The van der Waals surface area contributed by atoms with Crippen LogP contribution in [-0.4, -0.2) is 40.6 Å². The third-order valence-corrected chi connectivity index (χ3v) is 6.27. The summed E-state index contributed by atoms with van der Waals surface area (Å²) in [7, 11) is 1.64. The summed E-state index contributed by atoms with van der Waals surface area (Å²) < 4.78 is 7.48. The normalized spacial score (nSPS) is 15.7. The third-order valence-electron chi connectivity index (χ3n) is 6.27. The second-order valence-electron chi connectivity index (χ2n) is 8.67. The average molecular weight is 432 g/mol. The highest BCUT2D eigenvalue weighted by Gasteiger charge is 2.25. The number of nitrogens with one attached hydrogen (secondary N) is 1. The smallest absolute Gasteiger partial charge is 0.268 e. The van der Waals surface area contributed by atoms with Gasteiger partial charge < -0.3 is 19.5 Å². The van der Waals surface area contributed by atoms with Crippen molar-refractivity contribution in [2.75, 3.05) is 25.1 Å². The Kier molecular flexibility index (Phi) is 5.79. The summed E-state index contributed by atoms with van der Waals surface area (Å²) in [5.74, 6) is 2.14. The number of hydrogen-bond acceptors (Lipinski definition) is 5. The van der Waals surface area contributed by atoms with E-state index in [1.54, 1.807) is 7.11 Å². The molecule has 5 rings (SSSR count). The lowest BCUT2D eigenvalue weighted by molar-refractivity contribution is 0.0941. The molecule has 1 N–H and O–H groups in total. The summed E-state index contributed by atoms with van der Waals surface area (Å²) in [4.78, 5) is 24.5. The van der Waals surface area contributed by atoms with Gasteiger partial charge in [-0.2, -0.15) is 0 Å². The monoisotopic (exact) mass is 431 g/mol. The van der Waals surface area contributed by atoms with Gasteiger partial charge in [-0.25, -0.2) is 9.97 Å². The lowest BCUT2D eigenvalue weighted by Gasteiger charge is -2.14. The molecule has 1 saturated heterocycles. The van der Waals surface area contributed by atoms with Crippen molar-refractivity contribution in [2.24, 2.45) is 5.92 Å². The number of aromatic nitrogens is 3. The molecule has 1 amide bonds. The number of methoxy groups -OCH3 is 1. The van der Waals surface area contributed by atoms with Crippen molar-refractivity contribution in [1.29, 1.82) is 0 Å². The van der Waals surface area contributed by atoms with Gasteiger partial charge in [0.05, 0.1) is 7.11 Å². The molecule has 0 radical (unpaired) electrons. The van der Waals surface area contributed by atoms with Gasteiger partial charge >= 0.3 is 0 Å². The summed E-state index contributed by atoms with van der Waals surface area (Å²) >= 11 is 0. The number of amides is 1. The Bertz CT molecular complexity index is 1080. The quantitative estimate of drug-likeness (QED) is 0.586. The van der Waals surface area contributed by atoms with E-state index in [0.29, 0.717) is 18.2 Å². The molecule has 2 aliphatic rings. The van der Waals surface area contributed by atoms with E-state index in [0.717, 1.165) is 48.0 Å². The van der Waals surface area contributed by atoms with Crippen LogP contribution in [0.5, 0.6) is 5.75 Å². The van der Waals surface area contributed by atoms with Gasteiger partial charge in [0.25, 0.3) is 5.91 Å². The molecule has 1 aliphatic carbocycles. The Labute approximate surface area is 188 Å². The Morgan fingerprint density at radius 2 is 1.88 bits per heavy atom. The Hall–Kier alpha value is -3.35. The summed E-state index contributed by atoms with van der Waals surface area (Å²) in [6.45, 7) is 3.33. The largest absolute Gasteiger partial charge is 0.496 e. The van der Waals surface area contributed by atoms with Crippen molar-refractivity contribution in [3.63, 3.8) is 0 Å². The van der Waals surface area contributed by atoms with E-state index in [1.165, 1.54) is 25.7 Å². The van der Waals surface area contributed by atoms with Gasteiger partial charge in [-0.1, -0.05) is 18.2 Å². The number of ether oxygens (including phenoxy) is 1. The fraction of sp³-hybridized carbons (Fsp3) is 0.400. The maximum Gasteiger partial charge on any atom is 0.268 e. The molecule has 1 aromatic carbocycles. The number of carbonyl (C=O) groups is 1. The number of rotatable bonds is 8. The first-order valence-electron chi connectivity index (χ1n) is 11.4.